The minimum absolute atomic E-state index is 0.0463. The topological polar surface area (TPSA) is 73.9 Å². The van der Waals surface area contributed by atoms with E-state index in [0.29, 0.717) is 6.42 Å². The Hall–Kier alpha value is -2.07. The van der Waals surface area contributed by atoms with Crippen molar-refractivity contribution in [3.63, 3.8) is 0 Å². The van der Waals surface area contributed by atoms with Crippen molar-refractivity contribution in [1.29, 1.82) is 10.5 Å². The highest BCUT2D eigenvalue weighted by Gasteiger charge is 1.89. The summed E-state index contributed by atoms with van der Waals surface area (Å²) in [5, 5.41) is 15.5. The lowest BCUT2D eigenvalue weighted by molar-refractivity contribution is -0.137. The Bertz CT molecular complexity index is 252. The number of allylic oxidation sites excluding steroid dienone is 1. The third-order valence-electron chi connectivity index (χ3n) is 0.773. The summed E-state index contributed by atoms with van der Waals surface area (Å²) in [5.41, 5.74) is -0.0463. The van der Waals surface area contributed by atoms with Gasteiger partial charge in [0, 0.05) is 6.42 Å². The van der Waals surface area contributed by atoms with Crippen LogP contribution in [0.3, 0.4) is 0 Å². The molecule has 0 aromatic carbocycles. The number of ether oxygens (including phenoxy) is 1. The van der Waals surface area contributed by atoms with Crippen LogP contribution in [0.2, 0.25) is 0 Å². The first-order valence-electron chi connectivity index (χ1n) is 3.41. The maximum atomic E-state index is 10.1. The monoisotopic (exact) mass is 178 g/mol. The van der Waals surface area contributed by atoms with E-state index in [9.17, 15) is 4.79 Å². The number of esters is 1. The number of nitrogens with zero attached hydrogens (tertiary/aromatic N) is 2. The average molecular weight is 178 g/mol. The number of hydrogen-bond acceptors (Lipinski definition) is 4. The van der Waals surface area contributed by atoms with Crippen LogP contribution in [0.15, 0.2) is 25.0 Å². The molecule has 0 atom stereocenters. The molecule has 0 aliphatic carbocycles. The van der Waals surface area contributed by atoms with Gasteiger partial charge in [-0.2, -0.15) is 10.5 Å². The second kappa shape index (κ2) is 9.93. The molecule has 0 aliphatic heterocycles. The highest BCUT2D eigenvalue weighted by Crippen LogP contribution is 1.81. The summed E-state index contributed by atoms with van der Waals surface area (Å²) in [7, 11) is 0. The lowest BCUT2D eigenvalue weighted by atomic mass is 10.4. The predicted octanol–water partition coefficient (Wildman–Crippen LogP) is 1.67. The van der Waals surface area contributed by atoms with Crippen molar-refractivity contribution in [1.82, 2.24) is 0 Å². The van der Waals surface area contributed by atoms with E-state index in [-0.39, 0.29) is 11.5 Å². The molecule has 0 heterocycles. The molecule has 0 radical (unpaired) electrons. The number of nitriles is 2. The van der Waals surface area contributed by atoms with Crippen LogP contribution in [-0.2, 0) is 9.53 Å². The Morgan fingerprint density at radius 3 is 2.08 bits per heavy atom. The minimum Gasteiger partial charge on any atom is -0.435 e. The van der Waals surface area contributed by atoms with Crippen molar-refractivity contribution in [2.45, 2.75) is 13.3 Å². The smallest absolute Gasteiger partial charge is 0.310 e. The zero-order valence-electron chi connectivity index (χ0n) is 7.41. The van der Waals surface area contributed by atoms with E-state index in [2.05, 4.69) is 17.9 Å². The van der Waals surface area contributed by atoms with Gasteiger partial charge in [-0.25, -0.2) is 0 Å². The van der Waals surface area contributed by atoms with Gasteiger partial charge in [0.05, 0.1) is 6.26 Å². The van der Waals surface area contributed by atoms with Crippen LogP contribution in [-0.4, -0.2) is 5.97 Å². The van der Waals surface area contributed by atoms with Crippen molar-refractivity contribution < 1.29 is 9.53 Å². The van der Waals surface area contributed by atoms with Crippen LogP contribution in [0.4, 0.5) is 0 Å². The van der Waals surface area contributed by atoms with Crippen LogP contribution >= 0.6 is 0 Å². The van der Waals surface area contributed by atoms with E-state index < -0.39 is 0 Å². The minimum atomic E-state index is -0.241. The highest BCUT2D eigenvalue weighted by atomic mass is 16.5. The zero-order chi connectivity index (χ0) is 10.7. The molecule has 13 heavy (non-hydrogen) atoms. The second-order valence-corrected chi connectivity index (χ2v) is 1.71. The van der Waals surface area contributed by atoms with Crippen molar-refractivity contribution in [3.8, 4) is 12.1 Å². The van der Waals surface area contributed by atoms with Gasteiger partial charge in [-0.15, -0.1) is 0 Å². The molecule has 68 valence electrons. The van der Waals surface area contributed by atoms with Gasteiger partial charge in [0.15, 0.2) is 0 Å². The van der Waals surface area contributed by atoms with E-state index in [0.717, 1.165) is 6.26 Å². The number of rotatable bonds is 2. The first-order valence-corrected chi connectivity index (χ1v) is 3.41. The Balaban J connectivity index is 0. The molecular formula is C9H10N2O2. The molecule has 4 nitrogen and oxygen atoms in total. The summed E-state index contributed by atoms with van der Waals surface area (Å²) < 4.78 is 4.32. The molecule has 4 heteroatoms. The number of hydrogen-bond donors (Lipinski definition) is 0. The van der Waals surface area contributed by atoms with E-state index in [1.54, 1.807) is 19.1 Å². The molecule has 0 bridgehead atoms. The lowest BCUT2D eigenvalue weighted by Crippen LogP contribution is -1.94. The van der Waals surface area contributed by atoms with Crippen LogP contribution in [0.25, 0.3) is 0 Å². The Morgan fingerprint density at radius 2 is 2.00 bits per heavy atom. The van der Waals surface area contributed by atoms with Gasteiger partial charge in [0.1, 0.15) is 17.7 Å². The quantitative estimate of drug-likeness (QED) is 0.366. The fraction of sp³-hybridized carbons (Fsp3) is 0.222. The molecule has 0 spiro atoms. The fourth-order valence-corrected chi connectivity index (χ4v) is 0.201. The lowest BCUT2D eigenvalue weighted by Gasteiger charge is -1.88. The largest absolute Gasteiger partial charge is 0.435 e. The maximum absolute atomic E-state index is 10.1. The van der Waals surface area contributed by atoms with E-state index >= 15 is 0 Å². The second-order valence-electron chi connectivity index (χ2n) is 1.71. The molecule has 0 fully saturated rings. The van der Waals surface area contributed by atoms with Gasteiger partial charge in [-0.05, 0) is 0 Å². The van der Waals surface area contributed by atoms with Gasteiger partial charge in [-0.1, -0.05) is 20.1 Å². The normalized spacial score (nSPS) is 6.38. The van der Waals surface area contributed by atoms with Crippen molar-refractivity contribution in [3.05, 3.63) is 25.0 Å². The Labute approximate surface area is 77.3 Å². The van der Waals surface area contributed by atoms with E-state index in [4.69, 9.17) is 10.5 Å². The average Bonchev–Trinajstić information content (AvgIpc) is 2.18. The van der Waals surface area contributed by atoms with Crippen molar-refractivity contribution in [2.75, 3.05) is 0 Å². The first kappa shape index (κ1) is 13.5. The predicted molar refractivity (Wildman–Crippen MR) is 46.9 cm³/mol. The molecule has 0 rings (SSSR count). The van der Waals surface area contributed by atoms with Crippen LogP contribution in [0.5, 0.6) is 0 Å². The number of carbonyl (C=O) groups is 1. The third-order valence-corrected chi connectivity index (χ3v) is 0.773. The van der Waals surface area contributed by atoms with Gasteiger partial charge in [-0.3, -0.25) is 4.79 Å². The fourth-order valence-electron chi connectivity index (χ4n) is 0.201. The Morgan fingerprint density at radius 1 is 1.54 bits per heavy atom. The molecular weight excluding hydrogens is 168 g/mol. The summed E-state index contributed by atoms with van der Waals surface area (Å²) in [5.74, 6) is -0.241. The Kier molecular flexibility index (Phi) is 10.3. The van der Waals surface area contributed by atoms with E-state index in [1.165, 1.54) is 0 Å². The van der Waals surface area contributed by atoms with Gasteiger partial charge in [0.25, 0.3) is 0 Å². The molecule has 0 saturated heterocycles. The SMILES string of the molecule is C=C(C#N)C#N.C=COC(=O)CC. The van der Waals surface area contributed by atoms with Crippen molar-refractivity contribution in [2.24, 2.45) is 0 Å². The van der Waals surface area contributed by atoms with Crippen LogP contribution in [0.1, 0.15) is 13.3 Å². The highest BCUT2D eigenvalue weighted by molar-refractivity contribution is 5.69. The molecule has 0 saturated carbocycles. The van der Waals surface area contributed by atoms with E-state index in [1.807, 2.05) is 0 Å². The van der Waals surface area contributed by atoms with Crippen LogP contribution in [0, 0.1) is 22.7 Å². The summed E-state index contributed by atoms with van der Waals surface area (Å²) in [6, 6.07) is 3.12. The molecule has 0 aromatic rings. The number of carbonyl (C=O) groups excluding carboxylic acids is 1. The maximum Gasteiger partial charge on any atom is 0.310 e. The zero-order valence-corrected chi connectivity index (χ0v) is 7.41. The standard InChI is InChI=1S/C5H8O2.C4H2N2/c1-3-5(6)7-4-2;1-4(2-5)3-6/h4H,2-3H2,1H3;1H2. The molecule has 0 unspecified atom stereocenters. The molecule has 0 N–H and O–H groups in total. The van der Waals surface area contributed by atoms with Crippen molar-refractivity contribution >= 4 is 5.97 Å². The van der Waals surface area contributed by atoms with Gasteiger partial charge in [0.2, 0.25) is 0 Å². The first-order chi connectivity index (χ1) is 6.12. The van der Waals surface area contributed by atoms with Gasteiger partial charge >= 0.3 is 5.97 Å². The summed E-state index contributed by atoms with van der Waals surface area (Å²) >= 11 is 0. The summed E-state index contributed by atoms with van der Waals surface area (Å²) in [6.07, 6.45) is 1.54. The summed E-state index contributed by atoms with van der Waals surface area (Å²) in [4.78, 5) is 10.1. The third kappa shape index (κ3) is 13.0. The summed E-state index contributed by atoms with van der Waals surface area (Å²) in [6.45, 7) is 8.00. The molecule has 0 amide bonds. The molecule has 0 aliphatic rings. The van der Waals surface area contributed by atoms with Gasteiger partial charge < -0.3 is 4.74 Å². The van der Waals surface area contributed by atoms with Crippen LogP contribution < -0.4 is 0 Å². The molecule has 0 aromatic heterocycles.